The molecule has 2 heterocycles. The van der Waals surface area contributed by atoms with Crippen LogP contribution in [0.15, 0.2) is 78.0 Å². The highest BCUT2D eigenvalue weighted by Crippen LogP contribution is 2.46. The van der Waals surface area contributed by atoms with Crippen LogP contribution in [0.1, 0.15) is 35.9 Å². The minimum Gasteiger partial charge on any atom is -0.497 e. The number of hydrogen-bond donors (Lipinski definition) is 2. The number of Topliss-reactive ketones (excluding diaryl/α,β-unsaturated/α-hetero) is 1. The number of ketones is 1. The standard InChI is InChI=1S/C27H24N2O4/c1-31-19-6-4-5-16(11-19)18-12-22-26(23(30)13-18)27(29-21-8-3-2-7-20(21)28-22)17-9-10-24-25(14-17)33-15-32-24/h2-11,14,18,27-29H,12-13,15H2,1H3/t18-,27+/m0/s1. The third-order valence-electron chi connectivity index (χ3n) is 6.60. The Bertz CT molecular complexity index is 1280. The quantitative estimate of drug-likeness (QED) is 0.568. The molecule has 3 aliphatic rings. The number of ether oxygens (including phenoxy) is 3. The van der Waals surface area contributed by atoms with E-state index in [0.29, 0.717) is 12.2 Å². The highest BCUT2D eigenvalue weighted by atomic mass is 16.7. The molecular weight excluding hydrogens is 416 g/mol. The van der Waals surface area contributed by atoms with Crippen LogP contribution in [0.2, 0.25) is 0 Å². The van der Waals surface area contributed by atoms with E-state index in [4.69, 9.17) is 14.2 Å². The highest BCUT2D eigenvalue weighted by molar-refractivity contribution is 6.01. The minimum atomic E-state index is -0.288. The van der Waals surface area contributed by atoms with Gasteiger partial charge in [-0.2, -0.15) is 0 Å². The average Bonchev–Trinajstić information content (AvgIpc) is 3.24. The summed E-state index contributed by atoms with van der Waals surface area (Å²) in [5, 5.41) is 7.19. The summed E-state index contributed by atoms with van der Waals surface area (Å²) >= 11 is 0. The molecule has 0 aromatic heterocycles. The molecule has 0 unspecified atom stereocenters. The molecule has 1 aliphatic carbocycles. The van der Waals surface area contributed by atoms with Gasteiger partial charge in [0.15, 0.2) is 17.3 Å². The first-order chi connectivity index (χ1) is 16.2. The lowest BCUT2D eigenvalue weighted by atomic mass is 9.78. The summed E-state index contributed by atoms with van der Waals surface area (Å²) in [7, 11) is 1.66. The monoisotopic (exact) mass is 440 g/mol. The molecule has 0 radical (unpaired) electrons. The fourth-order valence-corrected chi connectivity index (χ4v) is 4.97. The molecule has 2 atom stereocenters. The van der Waals surface area contributed by atoms with Crippen LogP contribution < -0.4 is 24.8 Å². The Morgan fingerprint density at radius 2 is 1.73 bits per heavy atom. The molecule has 0 saturated heterocycles. The molecule has 0 saturated carbocycles. The van der Waals surface area contributed by atoms with Crippen molar-refractivity contribution >= 4 is 17.2 Å². The molecule has 0 spiro atoms. The van der Waals surface area contributed by atoms with Crippen molar-refractivity contribution in [1.29, 1.82) is 0 Å². The van der Waals surface area contributed by atoms with Crippen molar-refractivity contribution in [2.24, 2.45) is 0 Å². The molecule has 6 rings (SSSR count). The molecule has 6 heteroatoms. The Hall–Kier alpha value is -3.93. The zero-order valence-corrected chi connectivity index (χ0v) is 18.3. The van der Waals surface area contributed by atoms with Gasteiger partial charge in [0.05, 0.1) is 24.5 Å². The number of para-hydroxylation sites is 2. The molecule has 3 aromatic rings. The van der Waals surface area contributed by atoms with Gasteiger partial charge in [-0.25, -0.2) is 0 Å². The molecule has 6 nitrogen and oxygen atoms in total. The fraction of sp³-hybridized carbons (Fsp3) is 0.222. The Morgan fingerprint density at radius 3 is 2.61 bits per heavy atom. The van der Waals surface area contributed by atoms with E-state index in [1.165, 1.54) is 0 Å². The van der Waals surface area contributed by atoms with E-state index in [1.54, 1.807) is 7.11 Å². The van der Waals surface area contributed by atoms with E-state index < -0.39 is 0 Å². The second-order valence-electron chi connectivity index (χ2n) is 8.56. The zero-order valence-electron chi connectivity index (χ0n) is 18.3. The largest absolute Gasteiger partial charge is 0.497 e. The van der Waals surface area contributed by atoms with Crippen molar-refractivity contribution in [3.63, 3.8) is 0 Å². The van der Waals surface area contributed by atoms with Crippen molar-refractivity contribution in [3.05, 3.63) is 89.1 Å². The number of benzene rings is 3. The van der Waals surface area contributed by atoms with E-state index in [2.05, 4.69) is 16.7 Å². The van der Waals surface area contributed by atoms with Crippen LogP contribution in [-0.2, 0) is 4.79 Å². The van der Waals surface area contributed by atoms with Gasteiger partial charge in [-0.1, -0.05) is 30.3 Å². The van der Waals surface area contributed by atoms with E-state index >= 15 is 0 Å². The van der Waals surface area contributed by atoms with E-state index in [-0.39, 0.29) is 24.5 Å². The third-order valence-corrected chi connectivity index (χ3v) is 6.60. The molecule has 2 aliphatic heterocycles. The van der Waals surface area contributed by atoms with Crippen LogP contribution in [0.3, 0.4) is 0 Å². The molecule has 0 amide bonds. The maximum Gasteiger partial charge on any atom is 0.231 e. The van der Waals surface area contributed by atoms with E-state index in [9.17, 15) is 4.79 Å². The SMILES string of the molecule is COc1cccc([C@@H]2CC(=O)C3=C(C2)Nc2ccccc2N[C@@H]3c2ccc3c(c2)OCO3)c1. The fourth-order valence-electron chi connectivity index (χ4n) is 4.97. The van der Waals surface area contributed by atoms with Crippen LogP contribution in [0.25, 0.3) is 0 Å². The van der Waals surface area contributed by atoms with Gasteiger partial charge in [-0.15, -0.1) is 0 Å². The summed E-state index contributed by atoms with van der Waals surface area (Å²) in [5.41, 5.74) is 5.75. The Morgan fingerprint density at radius 1 is 0.879 bits per heavy atom. The average molecular weight is 440 g/mol. The van der Waals surface area contributed by atoms with Gasteiger partial charge in [-0.3, -0.25) is 4.79 Å². The van der Waals surface area contributed by atoms with Crippen LogP contribution in [0.4, 0.5) is 11.4 Å². The molecule has 33 heavy (non-hydrogen) atoms. The molecule has 0 bridgehead atoms. The first-order valence-corrected chi connectivity index (χ1v) is 11.1. The van der Waals surface area contributed by atoms with Crippen molar-refractivity contribution in [2.45, 2.75) is 24.8 Å². The number of nitrogens with one attached hydrogen (secondary N) is 2. The number of rotatable bonds is 3. The van der Waals surface area contributed by atoms with E-state index in [0.717, 1.165) is 51.7 Å². The zero-order chi connectivity index (χ0) is 22.4. The molecular formula is C27H24N2O4. The number of fused-ring (bicyclic) bond motifs is 2. The van der Waals surface area contributed by atoms with Gasteiger partial charge >= 0.3 is 0 Å². The van der Waals surface area contributed by atoms with Gasteiger partial charge in [0.1, 0.15) is 5.75 Å². The van der Waals surface area contributed by atoms with Gasteiger partial charge in [0.2, 0.25) is 6.79 Å². The number of carbonyl (C=O) groups excluding carboxylic acids is 1. The lowest BCUT2D eigenvalue weighted by molar-refractivity contribution is -0.116. The summed E-state index contributed by atoms with van der Waals surface area (Å²) in [5.74, 6) is 2.47. The van der Waals surface area contributed by atoms with Crippen LogP contribution in [-0.4, -0.2) is 19.7 Å². The van der Waals surface area contributed by atoms with Crippen molar-refractivity contribution in [3.8, 4) is 17.2 Å². The predicted molar refractivity (Wildman–Crippen MR) is 126 cm³/mol. The summed E-state index contributed by atoms with van der Waals surface area (Å²) in [6.45, 7) is 0.219. The summed E-state index contributed by atoms with van der Waals surface area (Å²) in [6, 6.07) is 21.7. The summed E-state index contributed by atoms with van der Waals surface area (Å²) < 4.78 is 16.5. The first-order valence-electron chi connectivity index (χ1n) is 11.1. The van der Waals surface area contributed by atoms with Gasteiger partial charge in [0, 0.05) is 17.7 Å². The van der Waals surface area contributed by atoms with Crippen molar-refractivity contribution < 1.29 is 19.0 Å². The van der Waals surface area contributed by atoms with Crippen LogP contribution >= 0.6 is 0 Å². The maximum absolute atomic E-state index is 13.7. The number of allylic oxidation sites excluding steroid dienone is 1. The lowest BCUT2D eigenvalue weighted by Gasteiger charge is -2.30. The summed E-state index contributed by atoms with van der Waals surface area (Å²) in [4.78, 5) is 13.7. The second kappa shape index (κ2) is 7.89. The number of carbonyl (C=O) groups is 1. The Balaban J connectivity index is 1.44. The highest BCUT2D eigenvalue weighted by Gasteiger charge is 2.36. The third kappa shape index (κ3) is 3.48. The minimum absolute atomic E-state index is 0.0847. The number of methoxy groups -OCH3 is 1. The smallest absolute Gasteiger partial charge is 0.231 e. The molecule has 3 aromatic carbocycles. The normalized spacial score (nSPS) is 20.8. The van der Waals surface area contributed by atoms with Gasteiger partial charge < -0.3 is 24.8 Å². The second-order valence-corrected chi connectivity index (χ2v) is 8.56. The first kappa shape index (κ1) is 19.7. The van der Waals surface area contributed by atoms with Crippen LogP contribution in [0, 0.1) is 0 Å². The maximum atomic E-state index is 13.7. The predicted octanol–water partition coefficient (Wildman–Crippen LogP) is 5.40. The lowest BCUT2D eigenvalue weighted by Crippen LogP contribution is -2.26. The van der Waals surface area contributed by atoms with Crippen molar-refractivity contribution in [2.75, 3.05) is 24.5 Å². The molecule has 166 valence electrons. The van der Waals surface area contributed by atoms with Gasteiger partial charge in [-0.05, 0) is 59.9 Å². The van der Waals surface area contributed by atoms with Gasteiger partial charge in [0.25, 0.3) is 0 Å². The van der Waals surface area contributed by atoms with Crippen molar-refractivity contribution in [1.82, 2.24) is 0 Å². The van der Waals surface area contributed by atoms with E-state index in [1.807, 2.05) is 60.7 Å². The van der Waals surface area contributed by atoms with Crippen LogP contribution in [0.5, 0.6) is 17.2 Å². The Labute approximate surface area is 192 Å². The molecule has 2 N–H and O–H groups in total. The Kier molecular flexibility index (Phi) is 4.72. The number of hydrogen-bond acceptors (Lipinski definition) is 6. The topological polar surface area (TPSA) is 68.8 Å². The number of anilines is 2. The molecule has 0 fully saturated rings. The summed E-state index contributed by atoms with van der Waals surface area (Å²) in [6.07, 6.45) is 1.19.